The molecule has 0 aliphatic carbocycles. The van der Waals surface area contributed by atoms with Crippen molar-refractivity contribution in [2.24, 2.45) is 0 Å². The maximum absolute atomic E-state index is 9.10. The second-order valence-corrected chi connectivity index (χ2v) is 2.60. The number of rotatable bonds is 2. The molecule has 1 aromatic rings. The summed E-state index contributed by atoms with van der Waals surface area (Å²) < 4.78 is 0. The number of aliphatic hydroxyl groups excluding tert-OH is 1. The summed E-state index contributed by atoms with van der Waals surface area (Å²) in [4.78, 5) is 5.10. The first-order valence-corrected chi connectivity index (χ1v) is 3.63. The number of aromatic amines is 1. The van der Waals surface area contributed by atoms with Gasteiger partial charge in [0.15, 0.2) is 5.82 Å². The molecular formula is C5H9N5O2. The Balaban J connectivity index is 1.88. The van der Waals surface area contributed by atoms with Crippen LogP contribution in [0.5, 0.6) is 0 Å². The maximum Gasteiger partial charge on any atom is 0.190 e. The number of hydrogen-bond donors (Lipinski definition) is 2. The van der Waals surface area contributed by atoms with Gasteiger partial charge in [-0.15, -0.1) is 10.2 Å². The molecule has 12 heavy (non-hydrogen) atoms. The SMILES string of the molecule is O[C@H]1CON(Cc2nn[nH]n2)C1. The van der Waals surface area contributed by atoms with E-state index in [0.29, 0.717) is 25.5 Å². The van der Waals surface area contributed by atoms with Crippen LogP contribution in [0.25, 0.3) is 0 Å². The molecular weight excluding hydrogens is 162 g/mol. The zero-order valence-electron chi connectivity index (χ0n) is 6.34. The lowest BCUT2D eigenvalue weighted by Crippen LogP contribution is -2.21. The number of nitrogens with zero attached hydrogens (tertiary/aromatic N) is 4. The number of hydrogen-bond acceptors (Lipinski definition) is 6. The van der Waals surface area contributed by atoms with Gasteiger partial charge in [-0.05, 0) is 0 Å². The number of aliphatic hydroxyl groups is 1. The van der Waals surface area contributed by atoms with E-state index in [1.165, 1.54) is 0 Å². The van der Waals surface area contributed by atoms with E-state index in [9.17, 15) is 0 Å². The van der Waals surface area contributed by atoms with Gasteiger partial charge in [-0.3, -0.25) is 4.84 Å². The van der Waals surface area contributed by atoms with Gasteiger partial charge in [-0.25, -0.2) is 0 Å². The molecule has 1 aromatic heterocycles. The molecule has 0 saturated carbocycles. The Morgan fingerprint density at radius 1 is 1.75 bits per heavy atom. The van der Waals surface area contributed by atoms with Crippen molar-refractivity contribution in [3.63, 3.8) is 0 Å². The summed E-state index contributed by atoms with van der Waals surface area (Å²) in [5.41, 5.74) is 0. The highest BCUT2D eigenvalue weighted by molar-refractivity contribution is 4.76. The molecule has 1 aliphatic heterocycles. The van der Waals surface area contributed by atoms with Crippen LogP contribution >= 0.6 is 0 Å². The second kappa shape index (κ2) is 3.13. The number of aromatic nitrogens is 4. The Kier molecular flexibility index (Phi) is 1.98. The molecule has 1 aliphatic rings. The number of tetrazole rings is 1. The van der Waals surface area contributed by atoms with Crippen LogP contribution in [0.15, 0.2) is 0 Å². The van der Waals surface area contributed by atoms with E-state index in [-0.39, 0.29) is 0 Å². The van der Waals surface area contributed by atoms with Crippen molar-refractivity contribution < 1.29 is 9.94 Å². The maximum atomic E-state index is 9.10. The molecule has 0 radical (unpaired) electrons. The molecule has 66 valence electrons. The lowest BCUT2D eigenvalue weighted by atomic mass is 10.4. The minimum absolute atomic E-state index is 0.345. The monoisotopic (exact) mass is 171 g/mol. The second-order valence-electron chi connectivity index (χ2n) is 2.60. The number of nitrogens with one attached hydrogen (secondary N) is 1. The fraction of sp³-hybridized carbons (Fsp3) is 0.800. The fourth-order valence-electron chi connectivity index (χ4n) is 1.05. The third kappa shape index (κ3) is 1.58. The topological polar surface area (TPSA) is 87.2 Å². The molecule has 2 rings (SSSR count). The smallest absolute Gasteiger partial charge is 0.190 e. The van der Waals surface area contributed by atoms with E-state index in [1.807, 2.05) is 0 Å². The molecule has 0 unspecified atom stereocenters. The van der Waals surface area contributed by atoms with Gasteiger partial charge in [0, 0.05) is 0 Å². The van der Waals surface area contributed by atoms with E-state index in [2.05, 4.69) is 20.6 Å². The molecule has 0 aromatic carbocycles. The Bertz CT molecular complexity index is 238. The van der Waals surface area contributed by atoms with Crippen molar-refractivity contribution in [2.45, 2.75) is 12.6 Å². The Morgan fingerprint density at radius 2 is 2.67 bits per heavy atom. The summed E-state index contributed by atoms with van der Waals surface area (Å²) in [7, 11) is 0. The highest BCUT2D eigenvalue weighted by Gasteiger charge is 2.22. The third-order valence-electron chi connectivity index (χ3n) is 1.57. The minimum atomic E-state index is -0.406. The summed E-state index contributed by atoms with van der Waals surface area (Å²) in [6, 6.07) is 0. The highest BCUT2D eigenvalue weighted by atomic mass is 16.7. The van der Waals surface area contributed by atoms with Gasteiger partial charge in [-0.2, -0.15) is 10.3 Å². The van der Waals surface area contributed by atoms with Gasteiger partial charge in [0.2, 0.25) is 0 Å². The van der Waals surface area contributed by atoms with E-state index in [0.717, 1.165) is 0 Å². The lowest BCUT2D eigenvalue weighted by molar-refractivity contribution is -0.119. The number of hydroxylamine groups is 2. The van der Waals surface area contributed by atoms with E-state index in [4.69, 9.17) is 9.94 Å². The summed E-state index contributed by atoms with van der Waals surface area (Å²) in [5.74, 6) is 0.559. The van der Waals surface area contributed by atoms with Crippen LogP contribution in [0, 0.1) is 0 Å². The van der Waals surface area contributed by atoms with Crippen LogP contribution in [-0.4, -0.2) is 50.0 Å². The number of H-pyrrole nitrogens is 1. The predicted octanol–water partition coefficient (Wildman–Crippen LogP) is -1.69. The molecule has 1 fully saturated rings. The Labute approximate surface area is 68.3 Å². The molecule has 1 saturated heterocycles. The van der Waals surface area contributed by atoms with Crippen LogP contribution in [-0.2, 0) is 11.4 Å². The van der Waals surface area contributed by atoms with Gasteiger partial charge in [0.05, 0.1) is 25.8 Å². The van der Waals surface area contributed by atoms with Gasteiger partial charge in [-0.1, -0.05) is 5.21 Å². The molecule has 1 atom stereocenters. The first-order valence-electron chi connectivity index (χ1n) is 3.63. The number of β-amino-alcohol motifs (C(OH)–C–C–N with tert-alkyl or cyclic N) is 1. The fourth-order valence-corrected chi connectivity index (χ4v) is 1.05. The van der Waals surface area contributed by atoms with E-state index < -0.39 is 6.10 Å². The zero-order valence-corrected chi connectivity index (χ0v) is 6.34. The van der Waals surface area contributed by atoms with Gasteiger partial charge < -0.3 is 5.11 Å². The van der Waals surface area contributed by atoms with Crippen LogP contribution < -0.4 is 0 Å². The summed E-state index contributed by atoms with van der Waals surface area (Å²) >= 11 is 0. The molecule has 0 spiro atoms. The lowest BCUT2D eigenvalue weighted by Gasteiger charge is -2.09. The average molecular weight is 171 g/mol. The Morgan fingerprint density at radius 3 is 3.25 bits per heavy atom. The van der Waals surface area contributed by atoms with Crippen molar-refractivity contribution in [1.29, 1.82) is 0 Å². The first kappa shape index (κ1) is 7.59. The van der Waals surface area contributed by atoms with Crippen LogP contribution in [0.2, 0.25) is 0 Å². The van der Waals surface area contributed by atoms with Crippen LogP contribution in [0.1, 0.15) is 5.82 Å². The van der Waals surface area contributed by atoms with Crippen LogP contribution in [0.3, 0.4) is 0 Å². The average Bonchev–Trinajstić information content (AvgIpc) is 2.63. The van der Waals surface area contributed by atoms with Crippen molar-refractivity contribution in [1.82, 2.24) is 25.7 Å². The summed E-state index contributed by atoms with van der Waals surface area (Å²) in [5, 5.41) is 24.0. The van der Waals surface area contributed by atoms with Crippen molar-refractivity contribution in [2.75, 3.05) is 13.2 Å². The molecule has 7 heteroatoms. The first-order chi connectivity index (χ1) is 5.84. The summed E-state index contributed by atoms with van der Waals surface area (Å²) in [6.07, 6.45) is -0.406. The van der Waals surface area contributed by atoms with E-state index >= 15 is 0 Å². The van der Waals surface area contributed by atoms with Crippen molar-refractivity contribution in [3.8, 4) is 0 Å². The third-order valence-corrected chi connectivity index (χ3v) is 1.57. The van der Waals surface area contributed by atoms with Gasteiger partial charge >= 0.3 is 0 Å². The molecule has 2 heterocycles. The predicted molar refractivity (Wildman–Crippen MR) is 36.5 cm³/mol. The molecule has 2 N–H and O–H groups in total. The molecule has 7 nitrogen and oxygen atoms in total. The Hall–Kier alpha value is -1.05. The van der Waals surface area contributed by atoms with Gasteiger partial charge in [0.25, 0.3) is 0 Å². The van der Waals surface area contributed by atoms with Gasteiger partial charge in [0.1, 0.15) is 0 Å². The quantitative estimate of drug-likeness (QED) is 0.552. The standard InChI is InChI=1S/C5H9N5O2/c11-4-1-10(12-3-4)2-5-6-8-9-7-5/h4,11H,1-3H2,(H,6,7,8,9)/t4-/m1/s1. The largest absolute Gasteiger partial charge is 0.389 e. The van der Waals surface area contributed by atoms with Crippen molar-refractivity contribution in [3.05, 3.63) is 5.82 Å². The van der Waals surface area contributed by atoms with Crippen LogP contribution in [0.4, 0.5) is 0 Å². The summed E-state index contributed by atoms with van der Waals surface area (Å²) in [6.45, 7) is 1.29. The molecule has 0 bridgehead atoms. The minimum Gasteiger partial charge on any atom is -0.389 e. The van der Waals surface area contributed by atoms with Crippen molar-refractivity contribution >= 4 is 0 Å². The van der Waals surface area contributed by atoms with E-state index in [1.54, 1.807) is 5.06 Å². The zero-order chi connectivity index (χ0) is 8.39. The normalized spacial score (nSPS) is 24.9. The molecule has 0 amide bonds. The highest BCUT2D eigenvalue weighted by Crippen LogP contribution is 2.07.